The molecule has 2 N–H and O–H groups in total. The van der Waals surface area contributed by atoms with Crippen molar-refractivity contribution < 1.29 is 19.1 Å². The number of ether oxygens (including phenoxy) is 1. The van der Waals surface area contributed by atoms with Crippen LogP contribution in [0.3, 0.4) is 0 Å². The first-order valence-electron chi connectivity index (χ1n) is 11.5. The number of amides is 2. The van der Waals surface area contributed by atoms with Gasteiger partial charge in [0.25, 0.3) is 11.8 Å². The molecule has 3 aromatic carbocycles. The van der Waals surface area contributed by atoms with Gasteiger partial charge in [0.2, 0.25) is 0 Å². The van der Waals surface area contributed by atoms with Gasteiger partial charge in [0, 0.05) is 17.2 Å². The summed E-state index contributed by atoms with van der Waals surface area (Å²) in [6.07, 6.45) is 0. The number of esters is 1. The Morgan fingerprint density at radius 3 is 2.22 bits per heavy atom. The molecule has 1 atom stereocenters. The van der Waals surface area contributed by atoms with Crippen LogP contribution in [0.4, 0.5) is 5.82 Å². The molecule has 2 amide bonds. The zero-order valence-electron chi connectivity index (χ0n) is 20.0. The number of hydrogen-bond donors (Lipinski definition) is 2. The molecule has 4 aromatic rings. The van der Waals surface area contributed by atoms with Gasteiger partial charge in [0.1, 0.15) is 11.9 Å². The van der Waals surface area contributed by atoms with E-state index in [1.165, 1.54) is 6.92 Å². The molecular weight excluding hydrogens is 456 g/mol. The zero-order chi connectivity index (χ0) is 25.5. The van der Waals surface area contributed by atoms with Crippen LogP contribution in [0, 0.1) is 6.92 Å². The molecule has 0 saturated carbocycles. The fraction of sp³-hybridized carbons (Fsp3) is 0.143. The maximum Gasteiger partial charge on any atom is 0.328 e. The van der Waals surface area contributed by atoms with E-state index in [4.69, 9.17) is 4.74 Å². The highest BCUT2D eigenvalue weighted by molar-refractivity contribution is 5.97. The number of nitrogens with zero attached hydrogens (tertiary/aromatic N) is 2. The molecule has 0 aliphatic carbocycles. The third-order valence-corrected chi connectivity index (χ3v) is 5.41. The summed E-state index contributed by atoms with van der Waals surface area (Å²) in [5.74, 6) is -1.22. The summed E-state index contributed by atoms with van der Waals surface area (Å²) in [4.78, 5) is 37.2. The van der Waals surface area contributed by atoms with E-state index >= 15 is 0 Å². The lowest BCUT2D eigenvalue weighted by Gasteiger charge is -2.13. The minimum atomic E-state index is -0.923. The van der Waals surface area contributed by atoms with E-state index in [1.54, 1.807) is 41.1 Å². The van der Waals surface area contributed by atoms with Crippen LogP contribution in [-0.2, 0) is 14.3 Å². The molecule has 1 unspecified atom stereocenters. The van der Waals surface area contributed by atoms with Crippen molar-refractivity contribution in [3.63, 3.8) is 0 Å². The predicted molar refractivity (Wildman–Crippen MR) is 137 cm³/mol. The number of carbonyl (C=O) groups excluding carboxylic acids is 3. The topological polar surface area (TPSA) is 102 Å². The quantitative estimate of drug-likeness (QED) is 0.368. The van der Waals surface area contributed by atoms with Crippen LogP contribution >= 0.6 is 0 Å². The highest BCUT2D eigenvalue weighted by Gasteiger charge is 2.20. The average molecular weight is 483 g/mol. The fourth-order valence-corrected chi connectivity index (χ4v) is 3.47. The molecule has 0 bridgehead atoms. The van der Waals surface area contributed by atoms with Gasteiger partial charge in [-0.05, 0) is 38.1 Å². The standard InChI is InChI=1S/C28H26N4O4/c1-19-13-15-21(16-14-19)24-17-25(32(31-24)23-11-7-4-8-12-23)30-26(33)18-36-28(35)20(2)29-27(34)22-9-5-3-6-10-22/h3-17,20H,18H2,1-2H3,(H,29,34)(H,30,33). The number of aryl methyl sites for hydroxylation is 1. The zero-order valence-corrected chi connectivity index (χ0v) is 20.0. The van der Waals surface area contributed by atoms with Crippen LogP contribution in [0.5, 0.6) is 0 Å². The van der Waals surface area contributed by atoms with E-state index in [2.05, 4.69) is 15.7 Å². The first kappa shape index (κ1) is 24.4. The van der Waals surface area contributed by atoms with Gasteiger partial charge in [-0.2, -0.15) is 5.10 Å². The Bertz CT molecular complexity index is 1350. The molecule has 1 aromatic heterocycles. The number of para-hydroxylation sites is 1. The lowest BCUT2D eigenvalue weighted by atomic mass is 10.1. The van der Waals surface area contributed by atoms with E-state index < -0.39 is 30.4 Å². The summed E-state index contributed by atoms with van der Waals surface area (Å²) in [7, 11) is 0. The third kappa shape index (κ3) is 6.04. The third-order valence-electron chi connectivity index (χ3n) is 5.41. The Morgan fingerprint density at radius 1 is 0.917 bits per heavy atom. The minimum absolute atomic E-state index is 0.403. The number of nitrogens with one attached hydrogen (secondary N) is 2. The number of carbonyl (C=O) groups is 3. The molecule has 0 radical (unpaired) electrons. The highest BCUT2D eigenvalue weighted by atomic mass is 16.5. The van der Waals surface area contributed by atoms with Crippen molar-refractivity contribution in [3.05, 3.63) is 102 Å². The number of anilines is 1. The van der Waals surface area contributed by atoms with Crippen molar-refractivity contribution in [3.8, 4) is 16.9 Å². The van der Waals surface area contributed by atoms with Crippen LogP contribution in [0.1, 0.15) is 22.8 Å². The van der Waals surface area contributed by atoms with Crippen LogP contribution in [0.2, 0.25) is 0 Å². The summed E-state index contributed by atoms with van der Waals surface area (Å²) < 4.78 is 6.75. The second-order valence-electron chi connectivity index (χ2n) is 8.25. The molecule has 1 heterocycles. The van der Waals surface area contributed by atoms with Crippen LogP contribution < -0.4 is 10.6 Å². The van der Waals surface area contributed by atoms with E-state index in [1.807, 2.05) is 61.5 Å². The summed E-state index contributed by atoms with van der Waals surface area (Å²) in [6, 6.07) is 26.7. The van der Waals surface area contributed by atoms with Crippen LogP contribution in [-0.4, -0.2) is 40.2 Å². The van der Waals surface area contributed by atoms with Crippen molar-refractivity contribution in [2.45, 2.75) is 19.9 Å². The lowest BCUT2D eigenvalue weighted by Crippen LogP contribution is -2.40. The van der Waals surface area contributed by atoms with E-state index in [0.29, 0.717) is 17.1 Å². The van der Waals surface area contributed by atoms with Crippen molar-refractivity contribution in [1.29, 1.82) is 0 Å². The SMILES string of the molecule is Cc1ccc(-c2cc(NC(=O)COC(=O)C(C)NC(=O)c3ccccc3)n(-c3ccccc3)n2)cc1. The van der Waals surface area contributed by atoms with Gasteiger partial charge in [-0.3, -0.25) is 9.59 Å². The van der Waals surface area contributed by atoms with Crippen molar-refractivity contribution in [2.75, 3.05) is 11.9 Å². The maximum absolute atomic E-state index is 12.6. The Labute approximate surface area is 208 Å². The van der Waals surface area contributed by atoms with Gasteiger partial charge in [-0.1, -0.05) is 66.2 Å². The fourth-order valence-electron chi connectivity index (χ4n) is 3.47. The number of aromatic nitrogens is 2. The Morgan fingerprint density at radius 2 is 1.56 bits per heavy atom. The molecule has 8 nitrogen and oxygen atoms in total. The van der Waals surface area contributed by atoms with E-state index in [0.717, 1.165) is 16.8 Å². The van der Waals surface area contributed by atoms with Gasteiger partial charge in [-0.25, -0.2) is 9.48 Å². The van der Waals surface area contributed by atoms with Crippen LogP contribution in [0.25, 0.3) is 16.9 Å². The normalized spacial score (nSPS) is 11.4. The molecule has 0 aliphatic heterocycles. The molecule has 4 rings (SSSR count). The number of hydrogen-bond acceptors (Lipinski definition) is 5. The molecule has 0 aliphatic rings. The molecule has 0 spiro atoms. The van der Waals surface area contributed by atoms with Gasteiger partial charge in [0.15, 0.2) is 6.61 Å². The Hall–Kier alpha value is -4.72. The van der Waals surface area contributed by atoms with Crippen molar-refractivity contribution >= 4 is 23.6 Å². The average Bonchev–Trinajstić information content (AvgIpc) is 3.32. The molecule has 182 valence electrons. The Kier molecular flexibility index (Phi) is 7.55. The van der Waals surface area contributed by atoms with Gasteiger partial charge >= 0.3 is 5.97 Å². The molecule has 36 heavy (non-hydrogen) atoms. The summed E-state index contributed by atoms with van der Waals surface area (Å²) in [5.41, 5.74) is 3.91. The van der Waals surface area contributed by atoms with Crippen LogP contribution in [0.15, 0.2) is 91.0 Å². The van der Waals surface area contributed by atoms with Gasteiger partial charge in [0.05, 0.1) is 11.4 Å². The van der Waals surface area contributed by atoms with Crippen molar-refractivity contribution in [2.24, 2.45) is 0 Å². The lowest BCUT2D eigenvalue weighted by molar-refractivity contribution is -0.148. The molecular formula is C28H26N4O4. The second-order valence-corrected chi connectivity index (χ2v) is 8.25. The highest BCUT2D eigenvalue weighted by Crippen LogP contribution is 2.25. The predicted octanol–water partition coefficient (Wildman–Crippen LogP) is 4.15. The largest absolute Gasteiger partial charge is 0.454 e. The first-order chi connectivity index (χ1) is 17.4. The summed E-state index contributed by atoms with van der Waals surface area (Å²) in [5, 5.41) is 10.00. The minimum Gasteiger partial charge on any atom is -0.454 e. The first-order valence-corrected chi connectivity index (χ1v) is 11.5. The van der Waals surface area contributed by atoms with E-state index in [9.17, 15) is 14.4 Å². The molecule has 0 fully saturated rings. The van der Waals surface area contributed by atoms with E-state index in [-0.39, 0.29) is 0 Å². The number of benzene rings is 3. The van der Waals surface area contributed by atoms with Crippen molar-refractivity contribution in [1.82, 2.24) is 15.1 Å². The number of rotatable bonds is 8. The maximum atomic E-state index is 12.6. The molecule has 8 heteroatoms. The smallest absolute Gasteiger partial charge is 0.328 e. The molecule has 0 saturated heterocycles. The van der Waals surface area contributed by atoms with Gasteiger partial charge in [-0.15, -0.1) is 0 Å². The second kappa shape index (κ2) is 11.1. The monoisotopic (exact) mass is 482 g/mol. The summed E-state index contributed by atoms with van der Waals surface area (Å²) in [6.45, 7) is 3.00. The van der Waals surface area contributed by atoms with Gasteiger partial charge < -0.3 is 15.4 Å². The summed E-state index contributed by atoms with van der Waals surface area (Å²) >= 11 is 0. The Balaban J connectivity index is 1.42.